The number of nitrogens with one attached hydrogen (secondary N) is 1. The number of carbonyl (C=O) groups excluding carboxylic acids is 1. The average molecular weight is 247 g/mol. The maximum absolute atomic E-state index is 12.3. The van der Waals surface area contributed by atoms with Crippen LogP contribution in [0.25, 0.3) is 0 Å². The monoisotopic (exact) mass is 247 g/mol. The Balaban J connectivity index is 1.96. The van der Waals surface area contributed by atoms with Crippen LogP contribution < -0.4 is 5.32 Å². The summed E-state index contributed by atoms with van der Waals surface area (Å²) in [6.07, 6.45) is 7.79. The highest BCUT2D eigenvalue weighted by molar-refractivity contribution is 5.94. The molecule has 1 aliphatic carbocycles. The number of rotatable bonds is 3. The number of hydrogen-bond donors (Lipinski definition) is 1. The average Bonchev–Trinajstić information content (AvgIpc) is 2.47. The maximum atomic E-state index is 12.3. The van der Waals surface area contributed by atoms with E-state index in [0.29, 0.717) is 12.1 Å². The number of nitrogens with zero attached hydrogens (tertiary/aromatic N) is 2. The van der Waals surface area contributed by atoms with Gasteiger partial charge in [0.15, 0.2) is 0 Å². The molecule has 0 bridgehead atoms. The second kappa shape index (κ2) is 5.96. The molecule has 0 aromatic carbocycles. The molecule has 0 spiro atoms. The lowest BCUT2D eigenvalue weighted by Gasteiger charge is -2.34. The van der Waals surface area contributed by atoms with E-state index in [1.807, 2.05) is 19.0 Å². The van der Waals surface area contributed by atoms with Crippen LogP contribution in [0.1, 0.15) is 36.0 Å². The molecule has 1 heterocycles. The molecule has 18 heavy (non-hydrogen) atoms. The molecule has 4 nitrogen and oxygen atoms in total. The lowest BCUT2D eigenvalue weighted by atomic mass is 9.90. The summed E-state index contributed by atoms with van der Waals surface area (Å²) in [6.45, 7) is 0. The van der Waals surface area contributed by atoms with Gasteiger partial charge in [-0.1, -0.05) is 0 Å². The minimum atomic E-state index is 0.102. The van der Waals surface area contributed by atoms with E-state index in [4.69, 9.17) is 0 Å². The van der Waals surface area contributed by atoms with Gasteiger partial charge < -0.3 is 10.2 Å². The van der Waals surface area contributed by atoms with E-state index in [1.54, 1.807) is 24.5 Å². The first-order valence-corrected chi connectivity index (χ1v) is 6.57. The van der Waals surface area contributed by atoms with Crippen LogP contribution >= 0.6 is 0 Å². The summed E-state index contributed by atoms with van der Waals surface area (Å²) >= 11 is 0. The van der Waals surface area contributed by atoms with Gasteiger partial charge in [-0.3, -0.25) is 9.78 Å². The van der Waals surface area contributed by atoms with Gasteiger partial charge >= 0.3 is 0 Å². The van der Waals surface area contributed by atoms with Crippen molar-refractivity contribution in [3.8, 4) is 0 Å². The third-order valence-electron chi connectivity index (χ3n) is 3.90. The van der Waals surface area contributed by atoms with E-state index in [0.717, 1.165) is 31.2 Å². The number of hydrogen-bond acceptors (Lipinski definition) is 3. The second-order valence-corrected chi connectivity index (χ2v) is 4.95. The summed E-state index contributed by atoms with van der Waals surface area (Å²) in [4.78, 5) is 18.1. The van der Waals surface area contributed by atoms with E-state index in [9.17, 15) is 4.79 Å². The molecule has 1 N–H and O–H groups in total. The first kappa shape index (κ1) is 13.0. The van der Waals surface area contributed by atoms with Crippen LogP contribution in [0, 0.1) is 0 Å². The number of pyridine rings is 1. The fraction of sp³-hybridized carbons (Fsp3) is 0.571. The van der Waals surface area contributed by atoms with Crippen LogP contribution in [0.15, 0.2) is 24.5 Å². The third kappa shape index (κ3) is 2.88. The van der Waals surface area contributed by atoms with Gasteiger partial charge in [0, 0.05) is 37.1 Å². The molecule has 0 aliphatic heterocycles. The van der Waals surface area contributed by atoms with Crippen molar-refractivity contribution in [2.75, 3.05) is 14.1 Å². The Labute approximate surface area is 108 Å². The maximum Gasteiger partial charge on any atom is 0.253 e. The molecule has 2 rings (SSSR count). The quantitative estimate of drug-likeness (QED) is 0.884. The Morgan fingerprint density at radius 3 is 2.44 bits per heavy atom. The van der Waals surface area contributed by atoms with Gasteiger partial charge in [0.2, 0.25) is 0 Å². The fourth-order valence-corrected chi connectivity index (χ4v) is 2.62. The standard InChI is InChI=1S/C14H21N3O/c1-15-12-3-5-13(6-4-12)17(2)14(18)11-7-9-16-10-8-11/h7-10,12-13,15H,3-6H2,1-2H3. The summed E-state index contributed by atoms with van der Waals surface area (Å²) in [7, 11) is 3.92. The molecular weight excluding hydrogens is 226 g/mol. The number of carbonyl (C=O) groups is 1. The number of amides is 1. The molecule has 4 heteroatoms. The van der Waals surface area contributed by atoms with Crippen molar-refractivity contribution in [1.82, 2.24) is 15.2 Å². The molecule has 1 saturated carbocycles. The Morgan fingerprint density at radius 1 is 1.28 bits per heavy atom. The summed E-state index contributed by atoms with van der Waals surface area (Å²) in [5.74, 6) is 0.102. The van der Waals surface area contributed by atoms with Gasteiger partial charge in [0.05, 0.1) is 0 Å². The normalized spacial score (nSPS) is 23.7. The summed E-state index contributed by atoms with van der Waals surface area (Å²) in [5.41, 5.74) is 0.725. The molecule has 0 atom stereocenters. The topological polar surface area (TPSA) is 45.2 Å². The van der Waals surface area contributed by atoms with Gasteiger partial charge in [-0.25, -0.2) is 0 Å². The summed E-state index contributed by atoms with van der Waals surface area (Å²) in [6, 6.07) is 4.54. The van der Waals surface area contributed by atoms with Crippen molar-refractivity contribution in [3.63, 3.8) is 0 Å². The van der Waals surface area contributed by atoms with Crippen LogP contribution in [-0.2, 0) is 0 Å². The minimum Gasteiger partial charge on any atom is -0.339 e. The highest BCUT2D eigenvalue weighted by Gasteiger charge is 2.26. The van der Waals surface area contributed by atoms with Gasteiger partial charge in [-0.2, -0.15) is 0 Å². The van der Waals surface area contributed by atoms with Gasteiger partial charge in [0.25, 0.3) is 5.91 Å². The molecule has 1 fully saturated rings. The van der Waals surface area contributed by atoms with Crippen molar-refractivity contribution < 1.29 is 4.79 Å². The molecule has 1 aromatic rings. The molecule has 1 aliphatic rings. The Morgan fingerprint density at radius 2 is 1.89 bits per heavy atom. The van der Waals surface area contributed by atoms with E-state index in [1.165, 1.54) is 0 Å². The first-order valence-electron chi connectivity index (χ1n) is 6.57. The zero-order valence-electron chi connectivity index (χ0n) is 11.1. The fourth-order valence-electron chi connectivity index (χ4n) is 2.62. The van der Waals surface area contributed by atoms with Crippen LogP contribution in [-0.4, -0.2) is 42.0 Å². The molecular formula is C14H21N3O. The molecule has 0 radical (unpaired) electrons. The third-order valence-corrected chi connectivity index (χ3v) is 3.90. The largest absolute Gasteiger partial charge is 0.339 e. The summed E-state index contributed by atoms with van der Waals surface area (Å²) in [5, 5.41) is 3.31. The van der Waals surface area contributed by atoms with E-state index in [-0.39, 0.29) is 5.91 Å². The van der Waals surface area contributed by atoms with Crippen molar-refractivity contribution >= 4 is 5.91 Å². The highest BCUT2D eigenvalue weighted by atomic mass is 16.2. The van der Waals surface area contributed by atoms with Crippen molar-refractivity contribution in [1.29, 1.82) is 0 Å². The molecule has 0 unspecified atom stereocenters. The Hall–Kier alpha value is -1.42. The predicted molar refractivity (Wildman–Crippen MR) is 71.4 cm³/mol. The lowest BCUT2D eigenvalue weighted by molar-refractivity contribution is 0.0685. The van der Waals surface area contributed by atoms with Crippen molar-refractivity contribution in [2.24, 2.45) is 0 Å². The predicted octanol–water partition coefficient (Wildman–Crippen LogP) is 1.68. The summed E-state index contributed by atoms with van der Waals surface area (Å²) < 4.78 is 0. The molecule has 1 aromatic heterocycles. The van der Waals surface area contributed by atoms with Gasteiger partial charge in [-0.05, 0) is 44.9 Å². The lowest BCUT2D eigenvalue weighted by Crippen LogP contribution is -2.42. The van der Waals surface area contributed by atoms with E-state index in [2.05, 4.69) is 10.3 Å². The molecule has 1 amide bonds. The minimum absolute atomic E-state index is 0.102. The Bertz CT molecular complexity index is 385. The van der Waals surface area contributed by atoms with E-state index >= 15 is 0 Å². The second-order valence-electron chi connectivity index (χ2n) is 4.95. The molecule has 98 valence electrons. The van der Waals surface area contributed by atoms with Crippen molar-refractivity contribution in [3.05, 3.63) is 30.1 Å². The number of aromatic nitrogens is 1. The first-order chi connectivity index (χ1) is 8.72. The van der Waals surface area contributed by atoms with Crippen LogP contribution in [0.3, 0.4) is 0 Å². The zero-order chi connectivity index (χ0) is 13.0. The Kier molecular flexibility index (Phi) is 4.31. The smallest absolute Gasteiger partial charge is 0.253 e. The zero-order valence-corrected chi connectivity index (χ0v) is 11.1. The van der Waals surface area contributed by atoms with E-state index < -0.39 is 0 Å². The van der Waals surface area contributed by atoms with Crippen LogP contribution in [0.4, 0.5) is 0 Å². The van der Waals surface area contributed by atoms with Gasteiger partial charge in [0.1, 0.15) is 0 Å². The highest BCUT2D eigenvalue weighted by Crippen LogP contribution is 2.23. The molecule has 0 saturated heterocycles. The van der Waals surface area contributed by atoms with Crippen LogP contribution in [0.2, 0.25) is 0 Å². The van der Waals surface area contributed by atoms with Crippen LogP contribution in [0.5, 0.6) is 0 Å². The van der Waals surface area contributed by atoms with Gasteiger partial charge in [-0.15, -0.1) is 0 Å². The van der Waals surface area contributed by atoms with Crippen molar-refractivity contribution in [2.45, 2.75) is 37.8 Å². The SMILES string of the molecule is CNC1CCC(N(C)C(=O)c2ccncc2)CC1.